The number of piperazine rings is 1. The van der Waals surface area contributed by atoms with Gasteiger partial charge in [0.15, 0.2) is 16.8 Å². The lowest BCUT2D eigenvalue weighted by molar-refractivity contribution is 0.0106. The Labute approximate surface area is 161 Å². The summed E-state index contributed by atoms with van der Waals surface area (Å²) in [4.78, 5) is 28.5. The van der Waals surface area contributed by atoms with Gasteiger partial charge >= 0.3 is 6.09 Å². The zero-order chi connectivity index (χ0) is 19.4. The number of carbonyl (C=O) groups excluding carboxylic acids is 1. The zero-order valence-electron chi connectivity index (χ0n) is 15.5. The summed E-state index contributed by atoms with van der Waals surface area (Å²) in [7, 11) is 0. The van der Waals surface area contributed by atoms with Gasteiger partial charge in [0, 0.05) is 25.7 Å². The molecule has 2 fully saturated rings. The fourth-order valence-electron chi connectivity index (χ4n) is 3.48. The second kappa shape index (κ2) is 6.15. The van der Waals surface area contributed by atoms with Crippen LogP contribution in [0.2, 0.25) is 5.15 Å². The third-order valence-electron chi connectivity index (χ3n) is 4.89. The van der Waals surface area contributed by atoms with E-state index < -0.39 is 11.4 Å². The molecule has 2 aromatic rings. The summed E-state index contributed by atoms with van der Waals surface area (Å²) in [6, 6.07) is 1.32. The number of ether oxygens (including phenoxy) is 1. The number of pyridine rings is 1. The van der Waals surface area contributed by atoms with E-state index in [1.54, 1.807) is 4.90 Å². The van der Waals surface area contributed by atoms with Gasteiger partial charge in [0.05, 0.1) is 11.1 Å². The lowest BCUT2D eigenvalue weighted by Crippen LogP contribution is -2.58. The molecule has 1 aliphatic heterocycles. The highest BCUT2D eigenvalue weighted by Crippen LogP contribution is 2.45. The fraction of sp³-hybridized carbons (Fsp3) is 0.556. The molecule has 1 amide bonds. The third kappa shape index (κ3) is 3.38. The van der Waals surface area contributed by atoms with E-state index in [9.17, 15) is 9.18 Å². The highest BCUT2D eigenvalue weighted by atomic mass is 35.5. The predicted molar refractivity (Wildman–Crippen MR) is 99.4 cm³/mol. The lowest BCUT2D eigenvalue weighted by Gasteiger charge is -2.42. The molecule has 1 saturated heterocycles. The Morgan fingerprint density at radius 2 is 2.04 bits per heavy atom. The molecule has 7 nitrogen and oxygen atoms in total. The van der Waals surface area contributed by atoms with Crippen LogP contribution in [-0.4, -0.2) is 56.7 Å². The van der Waals surface area contributed by atoms with Gasteiger partial charge < -0.3 is 9.64 Å². The maximum absolute atomic E-state index is 14.7. The van der Waals surface area contributed by atoms with Gasteiger partial charge in [0.1, 0.15) is 17.4 Å². The van der Waals surface area contributed by atoms with Crippen LogP contribution in [0.15, 0.2) is 12.4 Å². The van der Waals surface area contributed by atoms with E-state index in [1.165, 1.54) is 12.4 Å². The zero-order valence-corrected chi connectivity index (χ0v) is 16.3. The fourth-order valence-corrected chi connectivity index (χ4v) is 3.66. The van der Waals surface area contributed by atoms with Crippen molar-refractivity contribution in [3.05, 3.63) is 23.4 Å². The van der Waals surface area contributed by atoms with Gasteiger partial charge in [-0.05, 0) is 33.6 Å². The first-order valence-corrected chi connectivity index (χ1v) is 9.29. The van der Waals surface area contributed by atoms with E-state index in [2.05, 4.69) is 15.0 Å². The first kappa shape index (κ1) is 18.2. The molecule has 2 aliphatic rings. The summed E-state index contributed by atoms with van der Waals surface area (Å²) in [5, 5.41) is 0.190. The highest BCUT2D eigenvalue weighted by Gasteiger charge is 2.54. The Kier molecular flexibility index (Phi) is 4.14. The van der Waals surface area contributed by atoms with Gasteiger partial charge in [-0.3, -0.25) is 4.90 Å². The average molecular weight is 394 g/mol. The molecule has 0 radical (unpaired) electrons. The van der Waals surface area contributed by atoms with Crippen molar-refractivity contribution in [2.24, 2.45) is 0 Å². The molecule has 2 aromatic heterocycles. The van der Waals surface area contributed by atoms with E-state index in [0.29, 0.717) is 30.7 Å². The standard InChI is InChI=1S/C18H21ClFN5O2/c1-17(2,3)27-16(26)25-7-6-24(9-18(25)4-5-18)15-11(20)8-12-13(23-15)14(19)22-10-21-12/h8,10H,4-7,9H2,1-3H3. The number of rotatable bonds is 1. The van der Waals surface area contributed by atoms with E-state index >= 15 is 0 Å². The molecular formula is C18H21ClFN5O2. The Hall–Kier alpha value is -2.22. The van der Waals surface area contributed by atoms with E-state index in [0.717, 1.165) is 12.8 Å². The van der Waals surface area contributed by atoms with Crippen LogP contribution in [0.25, 0.3) is 11.0 Å². The quantitative estimate of drug-likeness (QED) is 0.691. The second-order valence-electron chi connectivity index (χ2n) is 8.10. The van der Waals surface area contributed by atoms with Crippen molar-refractivity contribution in [1.29, 1.82) is 0 Å². The summed E-state index contributed by atoms with van der Waals surface area (Å²) in [6.45, 7) is 6.96. The minimum Gasteiger partial charge on any atom is -0.444 e. The highest BCUT2D eigenvalue weighted by molar-refractivity contribution is 6.33. The number of fused-ring (bicyclic) bond motifs is 1. The van der Waals surface area contributed by atoms with Crippen molar-refractivity contribution < 1.29 is 13.9 Å². The second-order valence-corrected chi connectivity index (χ2v) is 8.46. The van der Waals surface area contributed by atoms with Gasteiger partial charge in [0.25, 0.3) is 0 Å². The van der Waals surface area contributed by atoms with Crippen LogP contribution < -0.4 is 4.90 Å². The first-order chi connectivity index (χ1) is 12.7. The van der Waals surface area contributed by atoms with Crippen LogP contribution in [0, 0.1) is 5.82 Å². The molecular weight excluding hydrogens is 373 g/mol. The molecule has 1 saturated carbocycles. The number of amides is 1. The van der Waals surface area contributed by atoms with E-state index in [-0.39, 0.29) is 22.6 Å². The van der Waals surface area contributed by atoms with Gasteiger partial charge in [-0.2, -0.15) is 0 Å². The smallest absolute Gasteiger partial charge is 0.410 e. The molecule has 144 valence electrons. The number of carbonyl (C=O) groups is 1. The Balaban J connectivity index is 1.60. The number of hydrogen-bond donors (Lipinski definition) is 0. The normalized spacial score (nSPS) is 18.9. The predicted octanol–water partition coefficient (Wildman–Crippen LogP) is 3.41. The van der Waals surface area contributed by atoms with E-state index in [1.807, 2.05) is 25.7 Å². The van der Waals surface area contributed by atoms with Crippen LogP contribution in [-0.2, 0) is 4.74 Å². The van der Waals surface area contributed by atoms with Crippen LogP contribution in [0.1, 0.15) is 33.6 Å². The average Bonchev–Trinajstić information content (AvgIpc) is 3.32. The Bertz CT molecular complexity index is 912. The molecule has 3 heterocycles. The third-order valence-corrected chi connectivity index (χ3v) is 5.17. The molecule has 1 aliphatic carbocycles. The topological polar surface area (TPSA) is 71.5 Å². The Morgan fingerprint density at radius 3 is 2.70 bits per heavy atom. The van der Waals surface area contributed by atoms with Gasteiger partial charge in [-0.1, -0.05) is 11.6 Å². The minimum absolute atomic E-state index is 0.190. The van der Waals surface area contributed by atoms with Crippen molar-refractivity contribution in [2.75, 3.05) is 24.5 Å². The number of halogens is 2. The van der Waals surface area contributed by atoms with Gasteiger partial charge in [0.2, 0.25) is 0 Å². The Morgan fingerprint density at radius 1 is 1.30 bits per heavy atom. The molecule has 9 heteroatoms. The maximum atomic E-state index is 14.7. The molecule has 0 atom stereocenters. The summed E-state index contributed by atoms with van der Waals surface area (Å²) < 4.78 is 20.2. The lowest BCUT2D eigenvalue weighted by atomic mass is 10.1. The monoisotopic (exact) mass is 393 g/mol. The van der Waals surface area contributed by atoms with Crippen LogP contribution in [0.5, 0.6) is 0 Å². The van der Waals surface area contributed by atoms with Gasteiger partial charge in [-0.25, -0.2) is 24.1 Å². The van der Waals surface area contributed by atoms with Crippen molar-refractivity contribution in [3.8, 4) is 0 Å². The molecule has 0 unspecified atom stereocenters. The largest absolute Gasteiger partial charge is 0.444 e. The molecule has 0 aromatic carbocycles. The summed E-state index contributed by atoms with van der Waals surface area (Å²) in [5.41, 5.74) is -0.131. The molecule has 0 N–H and O–H groups in total. The number of nitrogens with zero attached hydrogens (tertiary/aromatic N) is 5. The summed E-state index contributed by atoms with van der Waals surface area (Å²) >= 11 is 6.09. The number of hydrogen-bond acceptors (Lipinski definition) is 6. The van der Waals surface area contributed by atoms with Crippen molar-refractivity contribution in [2.45, 2.75) is 44.8 Å². The SMILES string of the molecule is CC(C)(C)OC(=O)N1CCN(c2nc3c(Cl)ncnc3cc2F)CC12CC2. The first-order valence-electron chi connectivity index (χ1n) is 8.91. The molecule has 27 heavy (non-hydrogen) atoms. The minimum atomic E-state index is -0.549. The van der Waals surface area contributed by atoms with Crippen molar-refractivity contribution in [3.63, 3.8) is 0 Å². The van der Waals surface area contributed by atoms with Gasteiger partial charge in [-0.15, -0.1) is 0 Å². The summed E-state index contributed by atoms with van der Waals surface area (Å²) in [6.07, 6.45) is 2.69. The number of anilines is 1. The molecule has 4 rings (SSSR count). The van der Waals surface area contributed by atoms with Crippen LogP contribution in [0.4, 0.5) is 15.0 Å². The van der Waals surface area contributed by atoms with E-state index in [4.69, 9.17) is 16.3 Å². The van der Waals surface area contributed by atoms with Crippen LogP contribution in [0.3, 0.4) is 0 Å². The van der Waals surface area contributed by atoms with Crippen molar-refractivity contribution in [1.82, 2.24) is 19.9 Å². The maximum Gasteiger partial charge on any atom is 0.410 e. The number of aromatic nitrogens is 3. The summed E-state index contributed by atoms with van der Waals surface area (Å²) in [5.74, 6) is -0.243. The molecule has 0 bridgehead atoms. The van der Waals surface area contributed by atoms with Crippen molar-refractivity contribution >= 4 is 34.5 Å². The van der Waals surface area contributed by atoms with Crippen LogP contribution >= 0.6 is 11.6 Å². The molecule has 1 spiro atoms.